The molecule has 0 saturated carbocycles. The molecule has 0 heterocycles. The summed E-state index contributed by atoms with van der Waals surface area (Å²) in [5.74, 6) is -2.41. The molecule has 0 radical (unpaired) electrons. The first kappa shape index (κ1) is 61.4. The van der Waals surface area contributed by atoms with Gasteiger partial charge in [-0.15, -0.1) is 0 Å². The Morgan fingerprint density at radius 2 is 1.03 bits per heavy atom. The normalized spacial score (nSPS) is 13.3. The van der Waals surface area contributed by atoms with Gasteiger partial charge in [-0.1, -0.05) is 83.5 Å². The predicted molar refractivity (Wildman–Crippen MR) is 252 cm³/mol. The summed E-state index contributed by atoms with van der Waals surface area (Å²) in [6.07, 6.45) is 19.2. The first-order valence-corrected chi connectivity index (χ1v) is 25.8. The van der Waals surface area contributed by atoms with Gasteiger partial charge in [-0.05, 0) is 101 Å². The molecule has 376 valence electrons. The smallest absolute Gasteiger partial charge is 0.331 e. The third kappa shape index (κ3) is 39.7. The molecular formula is C47H91N4O12P. The monoisotopic (exact) mass is 935 g/mol. The molecule has 0 rings (SSSR count). The average Bonchev–Trinajstić information content (AvgIpc) is 3.16. The highest BCUT2D eigenvalue weighted by Crippen LogP contribution is 2.55. The molecule has 2 atom stereocenters. The van der Waals surface area contributed by atoms with E-state index in [1.807, 2.05) is 41.5 Å². The van der Waals surface area contributed by atoms with Crippen LogP contribution in [0.25, 0.3) is 0 Å². The van der Waals surface area contributed by atoms with E-state index in [2.05, 4.69) is 16.0 Å². The topological polar surface area (TPSA) is 231 Å². The minimum Gasteiger partial charge on any atom is -0.480 e. The van der Waals surface area contributed by atoms with Crippen molar-refractivity contribution in [2.45, 2.75) is 226 Å². The Morgan fingerprint density at radius 3 is 1.53 bits per heavy atom. The number of carbonyl (C=O) groups excluding carboxylic acids is 4. The van der Waals surface area contributed by atoms with Crippen molar-refractivity contribution in [1.82, 2.24) is 16.0 Å². The van der Waals surface area contributed by atoms with Crippen molar-refractivity contribution >= 4 is 37.3 Å². The van der Waals surface area contributed by atoms with Gasteiger partial charge in [-0.2, -0.15) is 0 Å². The first-order valence-electron chi connectivity index (χ1n) is 24.1. The summed E-state index contributed by atoms with van der Waals surface area (Å²) < 4.78 is 41.4. The van der Waals surface area contributed by atoms with E-state index in [9.17, 15) is 28.5 Å². The molecule has 0 spiro atoms. The van der Waals surface area contributed by atoms with Gasteiger partial charge in [0.15, 0.2) is 0 Å². The molecule has 0 saturated heterocycles. The lowest BCUT2D eigenvalue weighted by molar-refractivity contribution is -0.159. The Hall–Kier alpha value is -2.62. The highest BCUT2D eigenvalue weighted by molar-refractivity contribution is 7.53. The number of carboxylic acid groups (broad SMARTS) is 1. The molecular weight excluding hydrogens is 844 g/mol. The predicted octanol–water partition coefficient (Wildman–Crippen LogP) is 8.51. The molecule has 0 aliphatic rings. The Labute approximate surface area is 386 Å². The number of hydrogen-bond donors (Lipinski definition) is 5. The molecule has 0 aromatic carbocycles. The number of ether oxygens (including phenoxy) is 3. The van der Waals surface area contributed by atoms with Crippen molar-refractivity contribution in [2.24, 2.45) is 5.73 Å². The van der Waals surface area contributed by atoms with E-state index in [1.165, 1.54) is 51.4 Å². The fourth-order valence-corrected chi connectivity index (χ4v) is 9.12. The van der Waals surface area contributed by atoms with Crippen molar-refractivity contribution in [3.63, 3.8) is 0 Å². The maximum Gasteiger partial charge on any atom is 0.331 e. The fourth-order valence-electron chi connectivity index (χ4n) is 6.62. The van der Waals surface area contributed by atoms with Crippen molar-refractivity contribution in [2.75, 3.05) is 45.7 Å². The highest BCUT2D eigenvalue weighted by Gasteiger charge is 2.34. The van der Waals surface area contributed by atoms with Crippen molar-refractivity contribution in [1.29, 1.82) is 0 Å². The number of hydrogen-bond acceptors (Lipinski definition) is 12. The molecule has 17 heteroatoms. The summed E-state index contributed by atoms with van der Waals surface area (Å²) in [6.45, 7) is 17.9. The standard InChI is InChI=1S/C47H91N4O12P/c1-45(2,3)61-44(57)39(29-30-40(52)50-32-33-59-34-35-60-37-42(54)49-31-25-24-27-38(48)43(55)56)51-41(53)28-23-21-19-17-15-13-11-10-12-14-16-18-20-22-26-36-64(58,62-46(4,5)6)63-47(7,8)9/h38-39H,10-37,48H2,1-9H3,(H,49,54)(H,50,52)(H,51,53)(H,55,56). The van der Waals surface area contributed by atoms with Gasteiger partial charge < -0.3 is 50.0 Å². The summed E-state index contributed by atoms with van der Waals surface area (Å²) in [4.78, 5) is 60.8. The highest BCUT2D eigenvalue weighted by atomic mass is 31.2. The number of unbranched alkanes of at least 4 members (excludes halogenated alkanes) is 15. The lowest BCUT2D eigenvalue weighted by atomic mass is 10.0. The summed E-state index contributed by atoms with van der Waals surface area (Å²) in [5.41, 5.74) is 3.69. The van der Waals surface area contributed by atoms with Gasteiger partial charge in [-0.25, -0.2) is 4.79 Å². The average molecular weight is 935 g/mol. The second-order valence-electron chi connectivity index (χ2n) is 19.8. The number of aliphatic carboxylic acids is 1. The second kappa shape index (κ2) is 34.7. The number of carboxylic acids is 1. The van der Waals surface area contributed by atoms with E-state index in [0.29, 0.717) is 38.4 Å². The van der Waals surface area contributed by atoms with Gasteiger partial charge in [0.2, 0.25) is 17.7 Å². The molecule has 0 aromatic heterocycles. The Bertz CT molecular complexity index is 1330. The summed E-state index contributed by atoms with van der Waals surface area (Å²) in [5, 5.41) is 17.0. The minimum absolute atomic E-state index is 0.0177. The van der Waals surface area contributed by atoms with Gasteiger partial charge in [0, 0.05) is 25.9 Å². The Kier molecular flexibility index (Phi) is 33.2. The SMILES string of the molecule is CC(C)(C)OC(=O)C(CCC(=O)NCCOCCOCC(=O)NCCCCC(N)C(=O)O)NC(=O)CCCCCCCCCCCCCCCCCP(=O)(OC(C)(C)C)OC(C)(C)C. The molecule has 0 aliphatic carbocycles. The lowest BCUT2D eigenvalue weighted by Gasteiger charge is -2.32. The maximum atomic E-state index is 13.3. The number of carbonyl (C=O) groups is 5. The van der Waals surface area contributed by atoms with Gasteiger partial charge in [0.1, 0.15) is 24.3 Å². The Morgan fingerprint density at radius 1 is 0.547 bits per heavy atom. The summed E-state index contributed by atoms with van der Waals surface area (Å²) >= 11 is 0. The molecule has 0 bridgehead atoms. The van der Waals surface area contributed by atoms with Crippen LogP contribution in [0.15, 0.2) is 0 Å². The number of esters is 1. The van der Waals surface area contributed by atoms with Crippen LogP contribution in [0.4, 0.5) is 0 Å². The Balaban J connectivity index is 4.09. The van der Waals surface area contributed by atoms with Gasteiger partial charge in [-0.3, -0.25) is 23.7 Å². The number of rotatable bonds is 39. The van der Waals surface area contributed by atoms with Crippen LogP contribution in [0, 0.1) is 0 Å². The number of amides is 3. The van der Waals surface area contributed by atoms with Crippen LogP contribution in [0.2, 0.25) is 0 Å². The van der Waals surface area contributed by atoms with E-state index in [0.717, 1.165) is 44.9 Å². The first-order chi connectivity index (χ1) is 29.9. The largest absolute Gasteiger partial charge is 0.480 e. The molecule has 0 aliphatic heterocycles. The van der Waals surface area contributed by atoms with E-state index < -0.39 is 48.4 Å². The molecule has 64 heavy (non-hydrogen) atoms. The fraction of sp³-hybridized carbons (Fsp3) is 0.894. The molecule has 0 aromatic rings. The van der Waals surface area contributed by atoms with Crippen LogP contribution < -0.4 is 21.7 Å². The van der Waals surface area contributed by atoms with E-state index >= 15 is 0 Å². The third-order valence-electron chi connectivity index (χ3n) is 9.60. The zero-order chi connectivity index (χ0) is 48.5. The quantitative estimate of drug-likeness (QED) is 0.0221. The van der Waals surface area contributed by atoms with Gasteiger partial charge in [0.05, 0.1) is 37.2 Å². The van der Waals surface area contributed by atoms with E-state index in [4.69, 9.17) is 34.1 Å². The number of nitrogens with one attached hydrogen (secondary N) is 3. The van der Waals surface area contributed by atoms with Crippen LogP contribution in [-0.2, 0) is 51.8 Å². The van der Waals surface area contributed by atoms with E-state index in [-0.39, 0.29) is 63.5 Å². The zero-order valence-electron chi connectivity index (χ0n) is 41.4. The molecule has 0 fully saturated rings. The van der Waals surface area contributed by atoms with Crippen LogP contribution in [0.3, 0.4) is 0 Å². The minimum atomic E-state index is -3.14. The maximum absolute atomic E-state index is 13.3. The van der Waals surface area contributed by atoms with Gasteiger partial charge >= 0.3 is 19.5 Å². The van der Waals surface area contributed by atoms with Crippen LogP contribution in [0.1, 0.15) is 197 Å². The molecule has 16 nitrogen and oxygen atoms in total. The van der Waals surface area contributed by atoms with E-state index in [1.54, 1.807) is 20.8 Å². The summed E-state index contributed by atoms with van der Waals surface area (Å²) in [7, 11) is -3.14. The summed E-state index contributed by atoms with van der Waals surface area (Å²) in [6, 6.07) is -1.83. The molecule has 6 N–H and O–H groups in total. The second-order valence-corrected chi connectivity index (χ2v) is 21.8. The van der Waals surface area contributed by atoms with Crippen LogP contribution in [-0.4, -0.2) is 109 Å². The van der Waals surface area contributed by atoms with Crippen molar-refractivity contribution in [3.8, 4) is 0 Å². The lowest BCUT2D eigenvalue weighted by Crippen LogP contribution is -2.44. The van der Waals surface area contributed by atoms with Crippen LogP contribution >= 0.6 is 7.60 Å². The molecule has 2 unspecified atom stereocenters. The van der Waals surface area contributed by atoms with Crippen LogP contribution in [0.5, 0.6) is 0 Å². The van der Waals surface area contributed by atoms with Crippen molar-refractivity contribution in [3.05, 3.63) is 0 Å². The van der Waals surface area contributed by atoms with Crippen molar-refractivity contribution < 1.29 is 56.9 Å². The molecule has 3 amide bonds. The third-order valence-corrected chi connectivity index (χ3v) is 12.1. The zero-order valence-corrected chi connectivity index (χ0v) is 42.3. The van der Waals surface area contributed by atoms with Gasteiger partial charge in [0.25, 0.3) is 0 Å². The number of nitrogens with two attached hydrogens (primary N) is 1.